The van der Waals surface area contributed by atoms with Gasteiger partial charge in [0.15, 0.2) is 11.4 Å². The van der Waals surface area contributed by atoms with Crippen molar-refractivity contribution in [3.05, 3.63) is 0 Å². The van der Waals surface area contributed by atoms with Gasteiger partial charge in [0.2, 0.25) is 0 Å². The van der Waals surface area contributed by atoms with Crippen LogP contribution in [0, 0.1) is 0 Å². The van der Waals surface area contributed by atoms with Crippen LogP contribution in [0.15, 0.2) is 0 Å². The summed E-state index contributed by atoms with van der Waals surface area (Å²) in [4.78, 5) is 12.9. The molecule has 144 valence electrons. The molecule has 0 spiro atoms. The second kappa shape index (κ2) is 8.72. The van der Waals surface area contributed by atoms with Crippen molar-refractivity contribution in [3.63, 3.8) is 0 Å². The molecule has 0 amide bonds. The zero-order chi connectivity index (χ0) is 19.2. The number of Topliss-reactive ketones (excluding diaryl/α,β-unsaturated/α-hetero) is 1. The Labute approximate surface area is 146 Å². The van der Waals surface area contributed by atoms with Crippen molar-refractivity contribution >= 4 is 5.78 Å². The first-order valence-corrected chi connectivity index (χ1v) is 8.68. The number of aliphatic hydroxyl groups is 2. The van der Waals surface area contributed by atoms with E-state index in [0.717, 1.165) is 0 Å². The van der Waals surface area contributed by atoms with Crippen LogP contribution < -0.4 is 0 Å². The van der Waals surface area contributed by atoms with Crippen LogP contribution in [0.25, 0.3) is 0 Å². The lowest BCUT2D eigenvalue weighted by atomic mass is 9.59. The Morgan fingerprint density at radius 2 is 1.33 bits per heavy atom. The molecule has 2 N–H and O–H groups in total. The van der Waals surface area contributed by atoms with E-state index in [1.807, 2.05) is 20.8 Å². The summed E-state index contributed by atoms with van der Waals surface area (Å²) >= 11 is 0. The Hall–Kier alpha value is -0.530. The number of ether oxygens (including phenoxy) is 3. The first-order valence-electron chi connectivity index (χ1n) is 8.68. The van der Waals surface area contributed by atoms with Gasteiger partial charge in [-0.15, -0.1) is 0 Å². The SMILES string of the molecule is CCC(=O)[C@](CC)(OC)[C@@](CC)(OC)[C@](CC)(OC)[C@](C)(O)CO. The van der Waals surface area contributed by atoms with Crippen LogP contribution in [0.3, 0.4) is 0 Å². The fourth-order valence-corrected chi connectivity index (χ4v) is 4.55. The van der Waals surface area contributed by atoms with Crippen molar-refractivity contribution < 1.29 is 29.2 Å². The number of rotatable bonds is 12. The highest BCUT2D eigenvalue weighted by Gasteiger charge is 2.70. The van der Waals surface area contributed by atoms with E-state index in [-0.39, 0.29) is 12.2 Å². The van der Waals surface area contributed by atoms with Gasteiger partial charge in [-0.3, -0.25) is 4.79 Å². The molecule has 0 aliphatic rings. The minimum Gasteiger partial charge on any atom is -0.393 e. The Bertz CT molecular complexity index is 392. The molecule has 6 nitrogen and oxygen atoms in total. The highest BCUT2D eigenvalue weighted by atomic mass is 16.6. The third-order valence-electron chi connectivity index (χ3n) is 5.79. The van der Waals surface area contributed by atoms with Gasteiger partial charge in [-0.05, 0) is 26.2 Å². The number of carbonyl (C=O) groups excluding carboxylic acids is 1. The summed E-state index contributed by atoms with van der Waals surface area (Å²) in [5.41, 5.74) is -5.59. The Kier molecular flexibility index (Phi) is 8.52. The van der Waals surface area contributed by atoms with Crippen LogP contribution in [0.1, 0.15) is 60.3 Å². The van der Waals surface area contributed by atoms with Crippen molar-refractivity contribution in [2.24, 2.45) is 0 Å². The van der Waals surface area contributed by atoms with E-state index < -0.39 is 29.0 Å². The maximum Gasteiger partial charge on any atom is 0.167 e. The van der Waals surface area contributed by atoms with E-state index in [2.05, 4.69) is 0 Å². The summed E-state index contributed by atoms with van der Waals surface area (Å²) in [5.74, 6) is -0.125. The number of ketones is 1. The van der Waals surface area contributed by atoms with Gasteiger partial charge >= 0.3 is 0 Å². The van der Waals surface area contributed by atoms with Gasteiger partial charge in [-0.1, -0.05) is 27.7 Å². The first-order chi connectivity index (χ1) is 11.2. The topological polar surface area (TPSA) is 85.2 Å². The maximum atomic E-state index is 12.9. The standard InChI is InChI=1S/C18H36O6/c1-9-14(20)16(10-2,22-6)18(12-4,24-8)17(11-3,23-7)15(5,21)13-19/h19,21H,9-13H2,1-8H3/t15-,16+,17-,18-/m1/s1. The van der Waals surface area contributed by atoms with E-state index in [4.69, 9.17) is 14.2 Å². The molecular weight excluding hydrogens is 312 g/mol. The molecule has 0 saturated carbocycles. The Balaban J connectivity index is 6.95. The van der Waals surface area contributed by atoms with Gasteiger partial charge in [-0.2, -0.15) is 0 Å². The van der Waals surface area contributed by atoms with Gasteiger partial charge in [0.25, 0.3) is 0 Å². The predicted molar refractivity (Wildman–Crippen MR) is 93.1 cm³/mol. The lowest BCUT2D eigenvalue weighted by Crippen LogP contribution is -2.78. The number of hydrogen-bond acceptors (Lipinski definition) is 6. The molecule has 6 heteroatoms. The van der Waals surface area contributed by atoms with E-state index in [1.54, 1.807) is 6.92 Å². The van der Waals surface area contributed by atoms with Crippen LogP contribution >= 0.6 is 0 Å². The molecule has 0 unspecified atom stereocenters. The monoisotopic (exact) mass is 348 g/mol. The van der Waals surface area contributed by atoms with Crippen molar-refractivity contribution in [1.82, 2.24) is 0 Å². The molecule has 0 fully saturated rings. The van der Waals surface area contributed by atoms with Crippen LogP contribution in [0.2, 0.25) is 0 Å². The predicted octanol–water partition coefficient (Wildman–Crippen LogP) is 2.09. The zero-order valence-electron chi connectivity index (χ0n) is 16.6. The molecule has 24 heavy (non-hydrogen) atoms. The molecule has 0 radical (unpaired) electrons. The number of methoxy groups -OCH3 is 3. The summed E-state index contributed by atoms with van der Waals surface area (Å²) in [7, 11) is 4.43. The molecule has 0 bridgehead atoms. The molecule has 0 aromatic heterocycles. The number of carbonyl (C=O) groups is 1. The summed E-state index contributed by atoms with van der Waals surface area (Å²) in [6, 6.07) is 0. The smallest absolute Gasteiger partial charge is 0.167 e. The highest BCUT2D eigenvalue weighted by Crippen LogP contribution is 2.51. The largest absolute Gasteiger partial charge is 0.393 e. The van der Waals surface area contributed by atoms with Crippen LogP contribution in [0.4, 0.5) is 0 Å². The summed E-state index contributed by atoms with van der Waals surface area (Å²) in [6.07, 6.45) is 1.29. The lowest BCUT2D eigenvalue weighted by molar-refractivity contribution is -0.318. The third-order valence-corrected chi connectivity index (χ3v) is 5.79. The van der Waals surface area contributed by atoms with Crippen LogP contribution in [-0.2, 0) is 19.0 Å². The molecule has 0 aromatic carbocycles. The van der Waals surface area contributed by atoms with Crippen molar-refractivity contribution in [1.29, 1.82) is 0 Å². The lowest BCUT2D eigenvalue weighted by Gasteiger charge is -2.60. The summed E-state index contributed by atoms with van der Waals surface area (Å²) < 4.78 is 17.6. The average molecular weight is 348 g/mol. The summed E-state index contributed by atoms with van der Waals surface area (Å²) in [5, 5.41) is 20.9. The molecule has 0 aliphatic carbocycles. The normalized spacial score (nSPS) is 22.1. The third kappa shape index (κ3) is 2.92. The number of aliphatic hydroxyl groups excluding tert-OH is 1. The van der Waals surface area contributed by atoms with Crippen LogP contribution in [0.5, 0.6) is 0 Å². The highest BCUT2D eigenvalue weighted by molar-refractivity contribution is 5.89. The van der Waals surface area contributed by atoms with Gasteiger partial charge < -0.3 is 24.4 Å². The Morgan fingerprint density at radius 1 is 0.875 bits per heavy atom. The quantitative estimate of drug-likeness (QED) is 0.562. The Morgan fingerprint density at radius 3 is 1.54 bits per heavy atom. The fourth-order valence-electron chi connectivity index (χ4n) is 4.55. The second-order valence-electron chi connectivity index (χ2n) is 6.36. The molecule has 0 aromatic rings. The molecule has 0 heterocycles. The molecule has 4 atom stereocenters. The second-order valence-corrected chi connectivity index (χ2v) is 6.36. The minimum absolute atomic E-state index is 0.125. The van der Waals surface area contributed by atoms with E-state index in [0.29, 0.717) is 19.3 Å². The van der Waals surface area contributed by atoms with E-state index >= 15 is 0 Å². The maximum absolute atomic E-state index is 12.9. The minimum atomic E-state index is -1.64. The fraction of sp³-hybridized carbons (Fsp3) is 0.944. The first kappa shape index (κ1) is 23.5. The van der Waals surface area contributed by atoms with Gasteiger partial charge in [0.1, 0.15) is 16.8 Å². The molecule has 0 aliphatic heterocycles. The van der Waals surface area contributed by atoms with Crippen molar-refractivity contribution in [2.75, 3.05) is 27.9 Å². The van der Waals surface area contributed by atoms with Gasteiger partial charge in [0.05, 0.1) is 6.61 Å². The van der Waals surface area contributed by atoms with Crippen molar-refractivity contribution in [3.8, 4) is 0 Å². The van der Waals surface area contributed by atoms with Gasteiger partial charge in [0, 0.05) is 27.8 Å². The molecule has 0 rings (SSSR count). The van der Waals surface area contributed by atoms with Gasteiger partial charge in [-0.25, -0.2) is 0 Å². The summed E-state index contributed by atoms with van der Waals surface area (Å²) in [6.45, 7) is 8.28. The number of hydrogen-bond donors (Lipinski definition) is 2. The molecule has 0 saturated heterocycles. The zero-order valence-corrected chi connectivity index (χ0v) is 16.6. The van der Waals surface area contributed by atoms with Crippen LogP contribution in [-0.4, -0.2) is 66.3 Å². The molecular formula is C18H36O6. The average Bonchev–Trinajstić information content (AvgIpc) is 2.61. The van der Waals surface area contributed by atoms with E-state index in [1.165, 1.54) is 28.3 Å². The van der Waals surface area contributed by atoms with Crippen molar-refractivity contribution in [2.45, 2.75) is 82.7 Å². The van der Waals surface area contributed by atoms with E-state index in [9.17, 15) is 15.0 Å².